The number of ether oxygens (including phenoxy) is 2. The molecule has 3 aromatic rings. The Hall–Kier alpha value is -3.80. The Balaban J connectivity index is 1.70. The molecule has 0 unspecified atom stereocenters. The summed E-state index contributed by atoms with van der Waals surface area (Å²) in [6.45, 7) is 0.00938. The first-order valence-electron chi connectivity index (χ1n) is 10.4. The molecule has 0 fully saturated rings. The molecule has 0 aliphatic carbocycles. The molecule has 0 heterocycles. The summed E-state index contributed by atoms with van der Waals surface area (Å²) in [5, 5.41) is 15.3. The van der Waals surface area contributed by atoms with Gasteiger partial charge in [0.1, 0.15) is 11.6 Å². The van der Waals surface area contributed by atoms with E-state index >= 15 is 0 Å². The number of nitrogens with one attached hydrogen (secondary N) is 2. The van der Waals surface area contributed by atoms with Crippen LogP contribution in [0.3, 0.4) is 0 Å². The normalized spacial score (nSPS) is 10.7. The molecule has 35 heavy (non-hydrogen) atoms. The zero-order chi connectivity index (χ0) is 25.2. The number of carbonyl (C=O) groups excluding carboxylic acids is 2. The SMILES string of the molecule is COc1cc(/C=C(\C#N)C(=O)NCc2ccccc2)cc(Br)c1OCC(=O)Nc1ccccc1Cl. The molecule has 0 bridgehead atoms. The van der Waals surface area contributed by atoms with Crippen LogP contribution in [0.2, 0.25) is 5.02 Å². The number of anilines is 1. The topological polar surface area (TPSA) is 100 Å². The van der Waals surface area contributed by atoms with Crippen molar-refractivity contribution in [1.29, 1.82) is 5.26 Å². The van der Waals surface area contributed by atoms with Crippen molar-refractivity contribution in [1.82, 2.24) is 5.32 Å². The van der Waals surface area contributed by atoms with Gasteiger partial charge >= 0.3 is 0 Å². The molecule has 7 nitrogen and oxygen atoms in total. The second kappa shape index (κ2) is 12.6. The monoisotopic (exact) mass is 553 g/mol. The maximum absolute atomic E-state index is 12.5. The Bertz CT molecular complexity index is 1290. The van der Waals surface area contributed by atoms with Crippen molar-refractivity contribution >= 4 is 51.1 Å². The maximum Gasteiger partial charge on any atom is 0.262 e. The number of methoxy groups -OCH3 is 1. The fraction of sp³-hybridized carbons (Fsp3) is 0.115. The predicted molar refractivity (Wildman–Crippen MR) is 138 cm³/mol. The third-order valence-electron chi connectivity index (χ3n) is 4.72. The van der Waals surface area contributed by atoms with Gasteiger partial charge in [0.25, 0.3) is 11.8 Å². The maximum atomic E-state index is 12.5. The summed E-state index contributed by atoms with van der Waals surface area (Å²) in [6, 6.07) is 21.4. The number of hydrogen-bond donors (Lipinski definition) is 2. The van der Waals surface area contributed by atoms with Crippen LogP contribution in [0.1, 0.15) is 11.1 Å². The van der Waals surface area contributed by atoms with E-state index in [0.717, 1.165) is 5.56 Å². The van der Waals surface area contributed by atoms with Crippen LogP contribution in [0.5, 0.6) is 11.5 Å². The fourth-order valence-corrected chi connectivity index (χ4v) is 3.80. The number of para-hydroxylation sites is 1. The lowest BCUT2D eigenvalue weighted by molar-refractivity contribution is -0.118. The summed E-state index contributed by atoms with van der Waals surface area (Å²) in [5.74, 6) is -0.287. The number of hydrogen-bond acceptors (Lipinski definition) is 5. The first-order chi connectivity index (χ1) is 16.9. The molecule has 9 heteroatoms. The molecule has 0 saturated carbocycles. The van der Waals surface area contributed by atoms with E-state index < -0.39 is 11.8 Å². The van der Waals surface area contributed by atoms with Gasteiger partial charge < -0.3 is 20.1 Å². The number of carbonyl (C=O) groups is 2. The van der Waals surface area contributed by atoms with Crippen molar-refractivity contribution in [3.8, 4) is 17.6 Å². The van der Waals surface area contributed by atoms with Crippen molar-refractivity contribution in [3.63, 3.8) is 0 Å². The third kappa shape index (κ3) is 7.34. The molecule has 0 atom stereocenters. The van der Waals surface area contributed by atoms with E-state index in [0.29, 0.717) is 38.8 Å². The van der Waals surface area contributed by atoms with E-state index in [4.69, 9.17) is 21.1 Å². The molecule has 3 aromatic carbocycles. The summed E-state index contributed by atoms with van der Waals surface area (Å²) in [4.78, 5) is 24.8. The van der Waals surface area contributed by atoms with Gasteiger partial charge in [-0.3, -0.25) is 9.59 Å². The minimum atomic E-state index is -0.497. The highest BCUT2D eigenvalue weighted by atomic mass is 79.9. The molecule has 0 saturated heterocycles. The van der Waals surface area contributed by atoms with E-state index in [1.54, 1.807) is 36.4 Å². The van der Waals surface area contributed by atoms with Crippen LogP contribution in [0.15, 0.2) is 76.8 Å². The fourth-order valence-electron chi connectivity index (χ4n) is 3.04. The molecule has 2 amide bonds. The van der Waals surface area contributed by atoms with Crippen molar-refractivity contribution in [2.24, 2.45) is 0 Å². The summed E-state index contributed by atoms with van der Waals surface area (Å²) in [6.07, 6.45) is 1.45. The number of benzene rings is 3. The standard InChI is InChI=1S/C26H21BrClN3O4/c1-34-23-13-18(11-19(14-29)26(33)30-15-17-7-3-2-4-8-17)12-20(27)25(23)35-16-24(32)31-22-10-6-5-9-21(22)28/h2-13H,15-16H2,1H3,(H,30,33)(H,31,32)/b19-11+. The lowest BCUT2D eigenvalue weighted by Crippen LogP contribution is -2.23. The molecule has 3 rings (SSSR count). The molecular weight excluding hydrogens is 534 g/mol. The molecular formula is C26H21BrClN3O4. The minimum absolute atomic E-state index is 0.0670. The summed E-state index contributed by atoms with van der Waals surface area (Å²) >= 11 is 9.47. The first kappa shape index (κ1) is 25.8. The van der Waals surface area contributed by atoms with Crippen LogP contribution in [0.25, 0.3) is 6.08 Å². The minimum Gasteiger partial charge on any atom is -0.493 e. The highest BCUT2D eigenvalue weighted by Crippen LogP contribution is 2.37. The second-order valence-electron chi connectivity index (χ2n) is 7.19. The van der Waals surface area contributed by atoms with Crippen LogP contribution >= 0.6 is 27.5 Å². The molecule has 0 aliphatic heterocycles. The van der Waals surface area contributed by atoms with E-state index in [1.165, 1.54) is 13.2 Å². The molecule has 0 aromatic heterocycles. The lowest BCUT2D eigenvalue weighted by Gasteiger charge is -2.14. The largest absolute Gasteiger partial charge is 0.493 e. The first-order valence-corrected chi connectivity index (χ1v) is 11.6. The number of rotatable bonds is 9. The van der Waals surface area contributed by atoms with Crippen LogP contribution in [-0.4, -0.2) is 25.5 Å². The van der Waals surface area contributed by atoms with Gasteiger partial charge in [0.2, 0.25) is 0 Å². The predicted octanol–water partition coefficient (Wildman–Crippen LogP) is 5.35. The number of nitrogens with zero attached hydrogens (tertiary/aromatic N) is 1. The zero-order valence-corrected chi connectivity index (χ0v) is 21.0. The Morgan fingerprint density at radius 2 is 1.83 bits per heavy atom. The van der Waals surface area contributed by atoms with Gasteiger partial charge in [-0.2, -0.15) is 5.26 Å². The average Bonchev–Trinajstić information content (AvgIpc) is 2.86. The molecule has 0 radical (unpaired) electrons. The van der Waals surface area contributed by atoms with Crippen molar-refractivity contribution in [2.45, 2.75) is 6.54 Å². The van der Waals surface area contributed by atoms with Crippen molar-refractivity contribution in [3.05, 3.63) is 92.9 Å². The summed E-state index contributed by atoms with van der Waals surface area (Å²) in [5.41, 5.74) is 1.86. The van der Waals surface area contributed by atoms with Gasteiger partial charge in [0.05, 0.1) is 22.3 Å². The van der Waals surface area contributed by atoms with Gasteiger partial charge in [0.15, 0.2) is 18.1 Å². The van der Waals surface area contributed by atoms with Crippen LogP contribution in [-0.2, 0) is 16.1 Å². The van der Waals surface area contributed by atoms with Crippen LogP contribution in [0, 0.1) is 11.3 Å². The van der Waals surface area contributed by atoms with Gasteiger partial charge in [-0.05, 0) is 57.4 Å². The van der Waals surface area contributed by atoms with Gasteiger partial charge in [-0.15, -0.1) is 0 Å². The lowest BCUT2D eigenvalue weighted by atomic mass is 10.1. The molecule has 178 valence electrons. The molecule has 0 aliphatic rings. The van der Waals surface area contributed by atoms with E-state index in [2.05, 4.69) is 26.6 Å². The highest BCUT2D eigenvalue weighted by Gasteiger charge is 2.15. The van der Waals surface area contributed by atoms with Gasteiger partial charge in [-0.25, -0.2) is 0 Å². The zero-order valence-electron chi connectivity index (χ0n) is 18.7. The highest BCUT2D eigenvalue weighted by molar-refractivity contribution is 9.10. The van der Waals surface area contributed by atoms with Gasteiger partial charge in [0, 0.05) is 6.54 Å². The second-order valence-corrected chi connectivity index (χ2v) is 8.45. The summed E-state index contributed by atoms with van der Waals surface area (Å²) < 4.78 is 11.5. The molecule has 2 N–H and O–H groups in total. The average molecular weight is 555 g/mol. The number of nitriles is 1. The Morgan fingerprint density at radius 3 is 2.51 bits per heavy atom. The smallest absolute Gasteiger partial charge is 0.262 e. The van der Waals surface area contributed by atoms with E-state index in [1.807, 2.05) is 36.4 Å². The Kier molecular flexibility index (Phi) is 9.30. The van der Waals surface area contributed by atoms with E-state index in [9.17, 15) is 14.9 Å². The van der Waals surface area contributed by atoms with Gasteiger partial charge in [-0.1, -0.05) is 54.1 Å². The quantitative estimate of drug-likeness (QED) is 0.274. The molecule has 0 spiro atoms. The summed E-state index contributed by atoms with van der Waals surface area (Å²) in [7, 11) is 1.45. The number of amides is 2. The van der Waals surface area contributed by atoms with Crippen molar-refractivity contribution in [2.75, 3.05) is 19.0 Å². The van der Waals surface area contributed by atoms with E-state index in [-0.39, 0.29) is 12.2 Å². The van der Waals surface area contributed by atoms with Crippen LogP contribution < -0.4 is 20.1 Å². The third-order valence-corrected chi connectivity index (χ3v) is 5.64. The number of halogens is 2. The Morgan fingerprint density at radius 1 is 1.11 bits per heavy atom. The van der Waals surface area contributed by atoms with Crippen molar-refractivity contribution < 1.29 is 19.1 Å². The Labute approximate surface area is 216 Å². The van der Waals surface area contributed by atoms with Crippen LogP contribution in [0.4, 0.5) is 5.69 Å².